The van der Waals surface area contributed by atoms with Crippen molar-refractivity contribution in [2.24, 2.45) is 0 Å². The number of alkyl halides is 2. The molecule has 0 heterocycles. The number of para-hydroxylation sites is 1. The van der Waals surface area contributed by atoms with Crippen LogP contribution in [0.15, 0.2) is 18.2 Å². The molecule has 0 spiro atoms. The van der Waals surface area contributed by atoms with Gasteiger partial charge >= 0.3 is 0 Å². The summed E-state index contributed by atoms with van der Waals surface area (Å²) in [5.41, 5.74) is -1.38. The highest BCUT2D eigenvalue weighted by Crippen LogP contribution is 2.34. The van der Waals surface area contributed by atoms with Gasteiger partial charge in [0.25, 0.3) is 12.1 Å². The fourth-order valence-corrected chi connectivity index (χ4v) is 1.15. The number of rotatable bonds is 2. The van der Waals surface area contributed by atoms with Crippen LogP contribution in [-0.2, 0) is 0 Å². The first-order valence-electron chi connectivity index (χ1n) is 3.25. The highest BCUT2D eigenvalue weighted by Gasteiger charge is 2.24. The summed E-state index contributed by atoms with van der Waals surface area (Å²) in [6.45, 7) is 0. The molecule has 0 fully saturated rings. The molecule has 3 nitrogen and oxygen atoms in total. The van der Waals surface area contributed by atoms with Crippen LogP contribution in [0.1, 0.15) is 12.0 Å². The fraction of sp³-hybridized carbons (Fsp3) is 0.143. The lowest BCUT2D eigenvalue weighted by Gasteiger charge is -2.01. The number of hydrogen-bond acceptors (Lipinski definition) is 2. The minimum absolute atomic E-state index is 0.275. The number of nitrogens with zero attached hydrogens (tertiary/aromatic N) is 1. The first kappa shape index (κ1) is 9.85. The molecule has 0 aliphatic rings. The van der Waals surface area contributed by atoms with Crippen molar-refractivity contribution < 1.29 is 13.7 Å². The summed E-state index contributed by atoms with van der Waals surface area (Å²) < 4.78 is 24.4. The van der Waals surface area contributed by atoms with E-state index < -0.39 is 22.6 Å². The van der Waals surface area contributed by atoms with E-state index in [0.29, 0.717) is 0 Å². The quantitative estimate of drug-likeness (QED) is 0.552. The van der Waals surface area contributed by atoms with E-state index in [2.05, 4.69) is 0 Å². The zero-order valence-electron chi connectivity index (χ0n) is 6.21. The second-order valence-corrected chi connectivity index (χ2v) is 2.64. The van der Waals surface area contributed by atoms with Crippen LogP contribution in [-0.4, -0.2) is 4.92 Å². The Morgan fingerprint density at radius 2 is 2.08 bits per heavy atom. The minimum Gasteiger partial charge on any atom is -0.258 e. The average molecular weight is 208 g/mol. The topological polar surface area (TPSA) is 43.1 Å². The van der Waals surface area contributed by atoms with Crippen molar-refractivity contribution in [2.45, 2.75) is 6.43 Å². The molecule has 0 saturated carbocycles. The van der Waals surface area contributed by atoms with Crippen molar-refractivity contribution in [3.05, 3.63) is 38.9 Å². The third kappa shape index (κ3) is 1.92. The van der Waals surface area contributed by atoms with Gasteiger partial charge in [-0.3, -0.25) is 10.1 Å². The Kier molecular flexibility index (Phi) is 2.77. The average Bonchev–Trinajstić information content (AvgIpc) is 2.02. The van der Waals surface area contributed by atoms with Crippen molar-refractivity contribution >= 4 is 17.3 Å². The highest BCUT2D eigenvalue weighted by molar-refractivity contribution is 6.32. The third-order valence-corrected chi connectivity index (χ3v) is 1.74. The Balaban J connectivity index is 3.34. The molecule has 1 aromatic carbocycles. The number of nitro benzene ring substituents is 1. The standard InChI is InChI=1S/C7H4ClF2NO2/c8-5-3-1-2-4(7(9)10)6(5)11(12)13/h1-3,7H. The summed E-state index contributed by atoms with van der Waals surface area (Å²) in [5.74, 6) is 0. The zero-order valence-corrected chi connectivity index (χ0v) is 6.96. The maximum atomic E-state index is 12.2. The smallest absolute Gasteiger partial charge is 0.258 e. The molecule has 0 unspecified atom stereocenters. The van der Waals surface area contributed by atoms with Crippen molar-refractivity contribution in [3.8, 4) is 0 Å². The van der Waals surface area contributed by atoms with E-state index in [-0.39, 0.29) is 5.02 Å². The van der Waals surface area contributed by atoms with Crippen LogP contribution in [0.5, 0.6) is 0 Å². The summed E-state index contributed by atoms with van der Waals surface area (Å²) in [5, 5.41) is 10.1. The molecule has 6 heteroatoms. The van der Waals surface area contributed by atoms with Crippen LogP contribution in [0.3, 0.4) is 0 Å². The van der Waals surface area contributed by atoms with Crippen molar-refractivity contribution in [1.29, 1.82) is 0 Å². The van der Waals surface area contributed by atoms with Gasteiger partial charge in [-0.25, -0.2) is 8.78 Å². The largest absolute Gasteiger partial charge is 0.296 e. The lowest BCUT2D eigenvalue weighted by atomic mass is 10.2. The minimum atomic E-state index is -2.89. The van der Waals surface area contributed by atoms with E-state index >= 15 is 0 Å². The van der Waals surface area contributed by atoms with Gasteiger partial charge in [-0.2, -0.15) is 0 Å². The molecule has 13 heavy (non-hydrogen) atoms. The van der Waals surface area contributed by atoms with Crippen molar-refractivity contribution in [1.82, 2.24) is 0 Å². The first-order chi connectivity index (χ1) is 6.04. The number of nitro groups is 1. The predicted molar refractivity (Wildman–Crippen MR) is 43.1 cm³/mol. The first-order valence-corrected chi connectivity index (χ1v) is 3.62. The van der Waals surface area contributed by atoms with Gasteiger partial charge in [0.2, 0.25) is 0 Å². The van der Waals surface area contributed by atoms with E-state index in [1.165, 1.54) is 12.1 Å². The maximum Gasteiger partial charge on any atom is 0.296 e. The van der Waals surface area contributed by atoms with Crippen LogP contribution in [0.25, 0.3) is 0 Å². The number of hydrogen-bond donors (Lipinski definition) is 0. The van der Waals surface area contributed by atoms with Crippen molar-refractivity contribution in [2.75, 3.05) is 0 Å². The molecule has 0 bridgehead atoms. The van der Waals surface area contributed by atoms with E-state index in [1.54, 1.807) is 0 Å². The Morgan fingerprint density at radius 1 is 1.46 bits per heavy atom. The molecule has 0 N–H and O–H groups in total. The second kappa shape index (κ2) is 3.66. The number of halogens is 3. The fourth-order valence-electron chi connectivity index (χ4n) is 0.901. The van der Waals surface area contributed by atoms with Gasteiger partial charge in [-0.1, -0.05) is 17.7 Å². The van der Waals surface area contributed by atoms with Crippen LogP contribution >= 0.6 is 11.6 Å². The predicted octanol–water partition coefficient (Wildman–Crippen LogP) is 3.19. The third-order valence-electron chi connectivity index (χ3n) is 1.44. The van der Waals surface area contributed by atoms with Gasteiger partial charge in [0.05, 0.1) is 10.5 Å². The van der Waals surface area contributed by atoms with Crippen LogP contribution in [0.4, 0.5) is 14.5 Å². The number of benzene rings is 1. The maximum absolute atomic E-state index is 12.2. The van der Waals surface area contributed by atoms with Gasteiger partial charge < -0.3 is 0 Å². The normalized spacial score (nSPS) is 10.5. The summed E-state index contributed by atoms with van der Waals surface area (Å²) >= 11 is 5.39. The highest BCUT2D eigenvalue weighted by atomic mass is 35.5. The van der Waals surface area contributed by atoms with Gasteiger partial charge in [-0.15, -0.1) is 0 Å². The Labute approximate surface area is 77.1 Å². The van der Waals surface area contributed by atoms with Gasteiger partial charge in [-0.05, 0) is 12.1 Å². The van der Waals surface area contributed by atoms with Gasteiger partial charge in [0.15, 0.2) is 0 Å². The monoisotopic (exact) mass is 207 g/mol. The molecule has 70 valence electrons. The van der Waals surface area contributed by atoms with Crippen LogP contribution in [0.2, 0.25) is 5.02 Å². The van der Waals surface area contributed by atoms with E-state index in [0.717, 1.165) is 6.07 Å². The van der Waals surface area contributed by atoms with Crippen molar-refractivity contribution in [3.63, 3.8) is 0 Å². The zero-order chi connectivity index (χ0) is 10.0. The molecular weight excluding hydrogens is 204 g/mol. The molecule has 0 amide bonds. The lowest BCUT2D eigenvalue weighted by molar-refractivity contribution is -0.386. The lowest BCUT2D eigenvalue weighted by Crippen LogP contribution is -1.96. The molecule has 0 aliphatic heterocycles. The Morgan fingerprint density at radius 3 is 2.46 bits per heavy atom. The van der Waals surface area contributed by atoms with E-state index in [1.807, 2.05) is 0 Å². The molecular formula is C7H4ClF2NO2. The van der Waals surface area contributed by atoms with Gasteiger partial charge in [0, 0.05) is 0 Å². The molecule has 0 saturated heterocycles. The molecule has 0 aromatic heterocycles. The molecule has 0 radical (unpaired) electrons. The SMILES string of the molecule is O=[N+]([O-])c1c(Cl)cccc1C(F)F. The Hall–Kier alpha value is -1.23. The summed E-state index contributed by atoms with van der Waals surface area (Å²) in [4.78, 5) is 9.42. The molecule has 1 rings (SSSR count). The Bertz CT molecular complexity index is 343. The molecule has 1 aromatic rings. The van der Waals surface area contributed by atoms with Crippen LogP contribution < -0.4 is 0 Å². The summed E-state index contributed by atoms with van der Waals surface area (Å²) in [6, 6.07) is 3.43. The van der Waals surface area contributed by atoms with E-state index in [9.17, 15) is 18.9 Å². The summed E-state index contributed by atoms with van der Waals surface area (Å²) in [7, 11) is 0. The molecule has 0 atom stereocenters. The van der Waals surface area contributed by atoms with Crippen LogP contribution in [0, 0.1) is 10.1 Å². The second-order valence-electron chi connectivity index (χ2n) is 2.24. The van der Waals surface area contributed by atoms with E-state index in [4.69, 9.17) is 11.6 Å². The summed E-state index contributed by atoms with van der Waals surface area (Å²) in [6.07, 6.45) is -2.89. The van der Waals surface area contributed by atoms with Gasteiger partial charge in [0.1, 0.15) is 5.02 Å². The molecule has 0 aliphatic carbocycles.